The molecule has 0 saturated heterocycles. The quantitative estimate of drug-likeness (QED) is 0.692. The second-order valence-corrected chi connectivity index (χ2v) is 6.89. The third-order valence-corrected chi connectivity index (χ3v) is 4.79. The molecule has 158 valence electrons. The highest BCUT2D eigenvalue weighted by Gasteiger charge is 2.32. The number of benzene rings is 1. The van der Waals surface area contributed by atoms with Crippen molar-refractivity contribution in [3.05, 3.63) is 65.7 Å². The maximum Gasteiger partial charge on any atom is 0.289 e. The smallest absolute Gasteiger partial charge is 0.289 e. The second kappa shape index (κ2) is 8.05. The molecule has 2 amide bonds. The number of fused-ring (bicyclic) bond motifs is 1. The maximum atomic E-state index is 14.2. The third-order valence-electron chi connectivity index (χ3n) is 4.79. The Morgan fingerprint density at radius 2 is 2.03 bits per heavy atom. The van der Waals surface area contributed by atoms with Crippen molar-refractivity contribution in [2.45, 2.75) is 13.0 Å². The van der Waals surface area contributed by atoms with E-state index >= 15 is 0 Å². The largest absolute Gasteiger partial charge is 0.487 e. The van der Waals surface area contributed by atoms with Crippen molar-refractivity contribution >= 4 is 17.6 Å². The van der Waals surface area contributed by atoms with Gasteiger partial charge < -0.3 is 10.1 Å². The summed E-state index contributed by atoms with van der Waals surface area (Å²) in [6.07, 6.45) is 2.86. The summed E-state index contributed by atoms with van der Waals surface area (Å²) >= 11 is 0. The summed E-state index contributed by atoms with van der Waals surface area (Å²) in [4.78, 5) is 39.0. The van der Waals surface area contributed by atoms with Gasteiger partial charge in [0.1, 0.15) is 12.6 Å². The van der Waals surface area contributed by atoms with Crippen molar-refractivity contribution in [3.63, 3.8) is 0 Å². The lowest BCUT2D eigenvalue weighted by Gasteiger charge is -2.19. The molecule has 0 radical (unpaired) electrons. The normalized spacial score (nSPS) is 15.7. The molecule has 1 aromatic carbocycles. The number of hydrogen-bond donors (Lipinski definition) is 1. The topological polar surface area (TPSA) is 97.3 Å². The number of ether oxygens (including phenoxy) is 1. The van der Waals surface area contributed by atoms with Crippen LogP contribution in [0.4, 0.5) is 14.6 Å². The molecule has 1 aliphatic rings. The molecule has 0 fully saturated rings. The van der Waals surface area contributed by atoms with Gasteiger partial charge in [-0.1, -0.05) is 6.07 Å². The highest BCUT2D eigenvalue weighted by molar-refractivity contribution is 6.01. The van der Waals surface area contributed by atoms with Crippen molar-refractivity contribution in [2.75, 3.05) is 18.6 Å². The molecule has 1 N–H and O–H groups in total. The van der Waals surface area contributed by atoms with Crippen molar-refractivity contribution in [2.24, 2.45) is 0 Å². The van der Waals surface area contributed by atoms with Crippen molar-refractivity contribution in [1.82, 2.24) is 20.3 Å². The number of anilines is 1. The Morgan fingerprint density at radius 1 is 1.23 bits per heavy atom. The maximum absolute atomic E-state index is 14.2. The van der Waals surface area contributed by atoms with Gasteiger partial charge in [0, 0.05) is 25.0 Å². The monoisotopic (exact) mass is 425 g/mol. The lowest BCUT2D eigenvalue weighted by molar-refractivity contribution is -0.120. The predicted octanol–water partition coefficient (Wildman–Crippen LogP) is 2.28. The summed E-state index contributed by atoms with van der Waals surface area (Å²) in [5, 5.41) is 2.54. The molecule has 10 heteroatoms. The van der Waals surface area contributed by atoms with E-state index in [-0.39, 0.29) is 23.7 Å². The van der Waals surface area contributed by atoms with E-state index in [1.165, 1.54) is 36.5 Å². The first kappa shape index (κ1) is 20.3. The standard InChI is InChI=1S/C21H17F2N5O3/c1-11-9-25-18(27-17(11)12-5-3-6-13(22)16(12)23)20(29)26-14-10-31-15-7-4-8-24-19(15)28(2)21(14)30/h3-9,14H,10H2,1-2H3,(H,26,29). The molecule has 2 aromatic heterocycles. The molecule has 1 unspecified atom stereocenters. The van der Waals surface area contributed by atoms with Crippen LogP contribution in [0.15, 0.2) is 42.7 Å². The van der Waals surface area contributed by atoms with E-state index in [0.29, 0.717) is 17.1 Å². The molecule has 3 aromatic rings. The molecule has 0 saturated carbocycles. The fourth-order valence-corrected chi connectivity index (χ4v) is 3.17. The van der Waals surface area contributed by atoms with Crippen molar-refractivity contribution < 1.29 is 23.1 Å². The minimum absolute atomic E-state index is 0.0781. The number of nitrogens with zero attached hydrogens (tertiary/aromatic N) is 4. The summed E-state index contributed by atoms with van der Waals surface area (Å²) in [7, 11) is 1.52. The SMILES string of the molecule is Cc1cnc(C(=O)NC2COc3cccnc3N(C)C2=O)nc1-c1cccc(F)c1F. The summed E-state index contributed by atoms with van der Waals surface area (Å²) in [6.45, 7) is 1.49. The zero-order valence-electron chi connectivity index (χ0n) is 16.6. The van der Waals surface area contributed by atoms with Gasteiger partial charge in [-0.05, 0) is 36.8 Å². The second-order valence-electron chi connectivity index (χ2n) is 6.89. The van der Waals surface area contributed by atoms with Gasteiger partial charge in [-0.3, -0.25) is 14.5 Å². The van der Waals surface area contributed by atoms with E-state index in [2.05, 4.69) is 20.3 Å². The van der Waals surface area contributed by atoms with Crippen LogP contribution in [0.3, 0.4) is 0 Å². The molecule has 1 atom stereocenters. The molecular formula is C21H17F2N5O3. The molecule has 0 spiro atoms. The van der Waals surface area contributed by atoms with Crippen LogP contribution in [0.25, 0.3) is 11.3 Å². The lowest BCUT2D eigenvalue weighted by Crippen LogP contribution is -2.49. The fraction of sp³-hybridized carbons (Fsp3) is 0.190. The highest BCUT2D eigenvalue weighted by Crippen LogP contribution is 2.28. The average molecular weight is 425 g/mol. The highest BCUT2D eigenvalue weighted by atomic mass is 19.2. The summed E-state index contributed by atoms with van der Waals surface area (Å²) in [6, 6.07) is 6.01. The minimum Gasteiger partial charge on any atom is -0.487 e. The Bertz CT molecular complexity index is 1190. The third kappa shape index (κ3) is 3.79. The van der Waals surface area contributed by atoms with Gasteiger partial charge >= 0.3 is 0 Å². The van der Waals surface area contributed by atoms with E-state index in [4.69, 9.17) is 4.74 Å². The van der Waals surface area contributed by atoms with E-state index in [9.17, 15) is 18.4 Å². The van der Waals surface area contributed by atoms with Gasteiger partial charge in [0.2, 0.25) is 5.82 Å². The molecular weight excluding hydrogens is 408 g/mol. The van der Waals surface area contributed by atoms with Gasteiger partial charge in [0.25, 0.3) is 11.8 Å². The van der Waals surface area contributed by atoms with E-state index in [0.717, 1.165) is 6.07 Å². The number of nitrogens with one attached hydrogen (secondary N) is 1. The number of pyridine rings is 1. The molecule has 4 rings (SSSR count). The minimum atomic E-state index is -1.07. The number of carbonyl (C=O) groups excluding carboxylic acids is 2. The van der Waals surface area contributed by atoms with Crippen LogP contribution in [0.2, 0.25) is 0 Å². The molecule has 3 heterocycles. The first-order valence-corrected chi connectivity index (χ1v) is 9.31. The van der Waals surface area contributed by atoms with Crippen LogP contribution >= 0.6 is 0 Å². The van der Waals surface area contributed by atoms with Gasteiger partial charge in [-0.25, -0.2) is 23.7 Å². The number of hydrogen-bond acceptors (Lipinski definition) is 6. The van der Waals surface area contributed by atoms with Crippen LogP contribution in [0.1, 0.15) is 16.2 Å². The van der Waals surface area contributed by atoms with Crippen LogP contribution in [-0.2, 0) is 4.79 Å². The first-order valence-electron chi connectivity index (χ1n) is 9.31. The summed E-state index contributed by atoms with van der Waals surface area (Å²) in [5.41, 5.74) is 0.439. The first-order chi connectivity index (χ1) is 14.9. The van der Waals surface area contributed by atoms with Crippen molar-refractivity contribution in [1.29, 1.82) is 0 Å². The van der Waals surface area contributed by atoms with Gasteiger partial charge in [0.15, 0.2) is 23.2 Å². The fourth-order valence-electron chi connectivity index (χ4n) is 3.17. The number of aromatic nitrogens is 3. The van der Waals surface area contributed by atoms with Crippen LogP contribution < -0.4 is 15.0 Å². The van der Waals surface area contributed by atoms with Gasteiger partial charge in [-0.2, -0.15) is 0 Å². The lowest BCUT2D eigenvalue weighted by atomic mass is 10.1. The molecule has 0 bridgehead atoms. The predicted molar refractivity (Wildman–Crippen MR) is 107 cm³/mol. The zero-order chi connectivity index (χ0) is 22.1. The number of aryl methyl sites for hydroxylation is 1. The van der Waals surface area contributed by atoms with Gasteiger partial charge in [-0.15, -0.1) is 0 Å². The Kier molecular flexibility index (Phi) is 5.28. The number of likely N-dealkylation sites (N-methyl/N-ethyl adjacent to an activating group) is 1. The van der Waals surface area contributed by atoms with Gasteiger partial charge in [0.05, 0.1) is 5.69 Å². The Hall–Kier alpha value is -3.95. The number of amides is 2. The number of carbonyl (C=O) groups is 2. The Balaban J connectivity index is 1.60. The molecule has 31 heavy (non-hydrogen) atoms. The average Bonchev–Trinajstić information content (AvgIpc) is 2.88. The number of rotatable bonds is 3. The van der Waals surface area contributed by atoms with Crippen molar-refractivity contribution in [3.8, 4) is 17.0 Å². The van der Waals surface area contributed by atoms with E-state index < -0.39 is 29.5 Å². The van der Waals surface area contributed by atoms with Crippen LogP contribution in [0, 0.1) is 18.6 Å². The molecule has 0 aliphatic carbocycles. The summed E-state index contributed by atoms with van der Waals surface area (Å²) < 4.78 is 33.5. The van der Waals surface area contributed by atoms with E-state index in [1.54, 1.807) is 19.1 Å². The Labute approximate surface area is 175 Å². The molecule has 1 aliphatic heterocycles. The van der Waals surface area contributed by atoms with E-state index in [1.807, 2.05) is 0 Å². The summed E-state index contributed by atoms with van der Waals surface area (Å²) in [5.74, 6) is -2.85. The molecule has 8 nitrogen and oxygen atoms in total. The zero-order valence-corrected chi connectivity index (χ0v) is 16.6. The van der Waals surface area contributed by atoms with Crippen LogP contribution in [-0.4, -0.2) is 46.5 Å². The number of halogens is 2. The van der Waals surface area contributed by atoms with Crippen LogP contribution in [0.5, 0.6) is 5.75 Å². The Morgan fingerprint density at radius 3 is 2.84 bits per heavy atom.